The first-order chi connectivity index (χ1) is 11.0. The van der Waals surface area contributed by atoms with E-state index in [0.29, 0.717) is 16.9 Å². The average molecular weight is 336 g/mol. The summed E-state index contributed by atoms with van der Waals surface area (Å²) in [7, 11) is 0. The number of anilines is 2. The molecule has 7 heteroatoms. The zero-order chi connectivity index (χ0) is 16.6. The number of halogens is 2. The Bertz CT molecular complexity index is 784. The minimum Gasteiger partial charge on any atom is -0.324 e. The van der Waals surface area contributed by atoms with Crippen molar-refractivity contribution in [3.05, 3.63) is 45.7 Å². The number of nitrogens with one attached hydrogen (secondary N) is 2. The molecule has 2 aromatic rings. The summed E-state index contributed by atoms with van der Waals surface area (Å²) in [5, 5.41) is 6.54. The summed E-state index contributed by atoms with van der Waals surface area (Å²) in [6.45, 7) is 1.22. The van der Waals surface area contributed by atoms with E-state index < -0.39 is 23.4 Å². The van der Waals surface area contributed by atoms with Crippen LogP contribution in [0.2, 0.25) is 0 Å². The summed E-state index contributed by atoms with van der Waals surface area (Å²) in [4.78, 5) is 23.9. The summed E-state index contributed by atoms with van der Waals surface area (Å²) in [6, 6.07) is 3.62. The summed E-state index contributed by atoms with van der Waals surface area (Å²) >= 11 is 1.29. The molecule has 1 aliphatic rings. The summed E-state index contributed by atoms with van der Waals surface area (Å²) in [5.41, 5.74) is 0.621. The van der Waals surface area contributed by atoms with Gasteiger partial charge in [0.25, 0.3) is 5.91 Å². The van der Waals surface area contributed by atoms with E-state index in [-0.39, 0.29) is 11.4 Å². The Morgan fingerprint density at radius 3 is 2.39 bits per heavy atom. The van der Waals surface area contributed by atoms with Crippen molar-refractivity contribution >= 4 is 34.5 Å². The number of carbonyl (C=O) groups excluding carboxylic acids is 2. The van der Waals surface area contributed by atoms with E-state index in [1.165, 1.54) is 18.3 Å². The lowest BCUT2D eigenvalue weighted by atomic mass is 10.1. The SMILES string of the molecule is CC(=O)Nc1cc(NC(=O)c2sccc2C2CC2)c(F)cc1F. The van der Waals surface area contributed by atoms with Gasteiger partial charge in [0.1, 0.15) is 11.6 Å². The molecule has 0 spiro atoms. The van der Waals surface area contributed by atoms with Gasteiger partial charge in [0.05, 0.1) is 16.3 Å². The van der Waals surface area contributed by atoms with Crippen LogP contribution in [0.1, 0.15) is 40.9 Å². The molecular weight excluding hydrogens is 322 g/mol. The Balaban J connectivity index is 1.85. The second-order valence-electron chi connectivity index (χ2n) is 5.43. The molecule has 1 aromatic carbocycles. The number of rotatable bonds is 4. The molecular formula is C16H14F2N2O2S. The quantitative estimate of drug-likeness (QED) is 0.882. The molecule has 0 atom stereocenters. The smallest absolute Gasteiger partial charge is 0.266 e. The van der Waals surface area contributed by atoms with E-state index in [1.807, 2.05) is 11.4 Å². The molecule has 1 heterocycles. The fraction of sp³-hybridized carbons (Fsp3) is 0.250. The highest BCUT2D eigenvalue weighted by molar-refractivity contribution is 7.12. The highest BCUT2D eigenvalue weighted by Crippen LogP contribution is 2.43. The molecule has 1 saturated carbocycles. The second-order valence-corrected chi connectivity index (χ2v) is 6.34. The van der Waals surface area contributed by atoms with Crippen molar-refractivity contribution in [2.45, 2.75) is 25.7 Å². The molecule has 1 aromatic heterocycles. The first-order valence-corrected chi connectivity index (χ1v) is 7.99. The largest absolute Gasteiger partial charge is 0.324 e. The van der Waals surface area contributed by atoms with Gasteiger partial charge in [0.15, 0.2) is 0 Å². The van der Waals surface area contributed by atoms with Crippen LogP contribution in [0.15, 0.2) is 23.6 Å². The van der Waals surface area contributed by atoms with Gasteiger partial charge in [-0.1, -0.05) is 0 Å². The number of carbonyl (C=O) groups is 2. The van der Waals surface area contributed by atoms with Crippen LogP contribution < -0.4 is 10.6 Å². The van der Waals surface area contributed by atoms with Crippen LogP contribution in [0.25, 0.3) is 0 Å². The van der Waals surface area contributed by atoms with Gasteiger partial charge in [0, 0.05) is 13.0 Å². The Morgan fingerprint density at radius 2 is 1.78 bits per heavy atom. The van der Waals surface area contributed by atoms with Crippen LogP contribution in [-0.4, -0.2) is 11.8 Å². The normalized spacial score (nSPS) is 13.7. The van der Waals surface area contributed by atoms with E-state index in [0.717, 1.165) is 24.5 Å². The molecule has 2 N–H and O–H groups in total. The molecule has 1 aliphatic carbocycles. The van der Waals surface area contributed by atoms with Crippen LogP contribution >= 0.6 is 11.3 Å². The van der Waals surface area contributed by atoms with Crippen molar-refractivity contribution in [1.29, 1.82) is 0 Å². The van der Waals surface area contributed by atoms with Gasteiger partial charge in [0.2, 0.25) is 5.91 Å². The van der Waals surface area contributed by atoms with Crippen molar-refractivity contribution in [2.75, 3.05) is 10.6 Å². The molecule has 0 unspecified atom stereocenters. The minimum atomic E-state index is -0.898. The maximum Gasteiger partial charge on any atom is 0.266 e. The fourth-order valence-corrected chi connectivity index (χ4v) is 3.21. The number of thiophene rings is 1. The van der Waals surface area contributed by atoms with Gasteiger partial charge in [-0.25, -0.2) is 8.78 Å². The number of hydrogen-bond acceptors (Lipinski definition) is 3. The molecule has 1 fully saturated rings. The third-order valence-corrected chi connectivity index (χ3v) is 4.46. The monoisotopic (exact) mass is 336 g/mol. The number of hydrogen-bond donors (Lipinski definition) is 2. The Hall–Kier alpha value is -2.28. The third-order valence-electron chi connectivity index (χ3n) is 3.53. The molecule has 3 rings (SSSR count). The van der Waals surface area contributed by atoms with Crippen molar-refractivity contribution in [1.82, 2.24) is 0 Å². The van der Waals surface area contributed by atoms with Crippen molar-refractivity contribution in [3.63, 3.8) is 0 Å². The Kier molecular flexibility index (Phi) is 4.12. The van der Waals surface area contributed by atoms with Crippen LogP contribution in [-0.2, 0) is 4.79 Å². The van der Waals surface area contributed by atoms with Crippen molar-refractivity contribution in [3.8, 4) is 0 Å². The van der Waals surface area contributed by atoms with E-state index in [2.05, 4.69) is 10.6 Å². The lowest BCUT2D eigenvalue weighted by molar-refractivity contribution is -0.114. The number of benzene rings is 1. The van der Waals surface area contributed by atoms with Crippen LogP contribution in [0.5, 0.6) is 0 Å². The predicted molar refractivity (Wildman–Crippen MR) is 84.9 cm³/mol. The fourth-order valence-electron chi connectivity index (χ4n) is 2.33. The summed E-state index contributed by atoms with van der Waals surface area (Å²) in [6.07, 6.45) is 2.10. The molecule has 23 heavy (non-hydrogen) atoms. The maximum absolute atomic E-state index is 13.9. The first-order valence-electron chi connectivity index (χ1n) is 7.11. The van der Waals surface area contributed by atoms with E-state index in [4.69, 9.17) is 0 Å². The molecule has 0 radical (unpaired) electrons. The minimum absolute atomic E-state index is 0.171. The summed E-state index contributed by atoms with van der Waals surface area (Å²) < 4.78 is 27.5. The standard InChI is InChI=1S/C16H14F2N2O2S/c1-8(21)19-13-7-14(12(18)6-11(13)17)20-16(22)15-10(4-5-23-15)9-2-3-9/h4-7,9H,2-3H2,1H3,(H,19,21)(H,20,22). The van der Waals surface area contributed by atoms with Crippen LogP contribution in [0.3, 0.4) is 0 Å². The summed E-state index contributed by atoms with van der Waals surface area (Å²) in [5.74, 6) is -2.31. The molecule has 0 aliphatic heterocycles. The first kappa shape index (κ1) is 15.6. The van der Waals surface area contributed by atoms with Gasteiger partial charge < -0.3 is 10.6 Å². The molecule has 0 bridgehead atoms. The molecule has 4 nitrogen and oxygen atoms in total. The van der Waals surface area contributed by atoms with Crippen molar-refractivity contribution in [2.24, 2.45) is 0 Å². The van der Waals surface area contributed by atoms with E-state index in [1.54, 1.807) is 0 Å². The van der Waals surface area contributed by atoms with Gasteiger partial charge in [-0.3, -0.25) is 9.59 Å². The Labute approximate surface area is 135 Å². The van der Waals surface area contributed by atoms with Gasteiger partial charge in [-0.15, -0.1) is 11.3 Å². The van der Waals surface area contributed by atoms with E-state index in [9.17, 15) is 18.4 Å². The highest BCUT2D eigenvalue weighted by atomic mass is 32.1. The topological polar surface area (TPSA) is 58.2 Å². The van der Waals surface area contributed by atoms with Gasteiger partial charge in [-0.05, 0) is 41.8 Å². The van der Waals surface area contributed by atoms with Gasteiger partial charge >= 0.3 is 0 Å². The lowest BCUT2D eigenvalue weighted by Gasteiger charge is -2.10. The zero-order valence-corrected chi connectivity index (χ0v) is 13.1. The number of amides is 2. The molecule has 120 valence electrons. The Morgan fingerprint density at radius 1 is 1.13 bits per heavy atom. The predicted octanol–water partition coefficient (Wildman–Crippen LogP) is 4.11. The van der Waals surface area contributed by atoms with Crippen molar-refractivity contribution < 1.29 is 18.4 Å². The van der Waals surface area contributed by atoms with Crippen LogP contribution in [0, 0.1) is 11.6 Å². The average Bonchev–Trinajstić information content (AvgIpc) is 3.20. The van der Waals surface area contributed by atoms with E-state index >= 15 is 0 Å². The van der Waals surface area contributed by atoms with Gasteiger partial charge in [-0.2, -0.15) is 0 Å². The second kappa shape index (κ2) is 6.08. The molecule has 2 amide bonds. The van der Waals surface area contributed by atoms with Crippen LogP contribution in [0.4, 0.5) is 20.2 Å². The molecule has 0 saturated heterocycles. The zero-order valence-electron chi connectivity index (χ0n) is 12.3. The lowest BCUT2D eigenvalue weighted by Crippen LogP contribution is -2.14. The third kappa shape index (κ3) is 3.39. The highest BCUT2D eigenvalue weighted by Gasteiger charge is 2.29. The maximum atomic E-state index is 13.9.